The molecular weight excluding hydrogens is 500 g/mol. The Morgan fingerprint density at radius 3 is 1.32 bits per heavy atom. The smallest absolute Gasteiger partial charge is 0.224 e. The molecule has 8 heteroatoms. The molecule has 6 rings (SSSR count). The third-order valence-electron chi connectivity index (χ3n) is 6.90. The zero-order valence-electron chi connectivity index (χ0n) is 21.8. The number of nitrogens with one attached hydrogen (secondary N) is 2. The second-order valence-corrected chi connectivity index (χ2v) is 10.00. The van der Waals surface area contributed by atoms with Gasteiger partial charge in [0.2, 0.25) is 11.8 Å². The highest BCUT2D eigenvalue weighted by Crippen LogP contribution is 2.25. The summed E-state index contributed by atoms with van der Waals surface area (Å²) in [4.78, 5) is 34.4. The second-order valence-electron chi connectivity index (χ2n) is 10.00. The Morgan fingerprint density at radius 1 is 0.525 bits per heavy atom. The molecule has 0 spiro atoms. The molecule has 0 bridgehead atoms. The number of amides is 2. The first-order chi connectivity index (χ1) is 19.4. The largest absolute Gasteiger partial charge is 0.399 e. The van der Waals surface area contributed by atoms with Crippen LogP contribution in [0, 0.1) is 0 Å². The molecule has 0 unspecified atom stereocenters. The van der Waals surface area contributed by atoms with E-state index in [1.807, 2.05) is 72.8 Å². The molecule has 0 aliphatic heterocycles. The van der Waals surface area contributed by atoms with Gasteiger partial charge in [-0.25, -0.2) is 9.97 Å². The van der Waals surface area contributed by atoms with Crippen LogP contribution in [0.1, 0.15) is 25.7 Å². The summed E-state index contributed by atoms with van der Waals surface area (Å²) in [6.45, 7) is 0. The Hall–Kier alpha value is -5.24. The number of rotatable bonds is 7. The van der Waals surface area contributed by atoms with Crippen molar-refractivity contribution in [3.63, 3.8) is 0 Å². The van der Waals surface area contributed by atoms with E-state index >= 15 is 0 Å². The first-order valence-electron chi connectivity index (χ1n) is 13.2. The monoisotopic (exact) mass is 528 g/mol. The molecule has 8 nitrogen and oxygen atoms in total. The maximum atomic E-state index is 12.5. The molecule has 0 atom stereocenters. The number of hydrogen-bond acceptors (Lipinski definition) is 6. The van der Waals surface area contributed by atoms with Crippen molar-refractivity contribution in [3.05, 3.63) is 84.9 Å². The van der Waals surface area contributed by atoms with Gasteiger partial charge < -0.3 is 22.1 Å². The second kappa shape index (κ2) is 10.5. The van der Waals surface area contributed by atoms with Crippen LogP contribution in [0.15, 0.2) is 84.9 Å². The zero-order valence-corrected chi connectivity index (χ0v) is 21.8. The summed E-state index contributed by atoms with van der Waals surface area (Å²) in [7, 11) is 0. The number of nitrogens with zero attached hydrogens (tertiary/aromatic N) is 2. The topological polar surface area (TPSA) is 136 Å². The van der Waals surface area contributed by atoms with Crippen LogP contribution in [-0.2, 0) is 9.59 Å². The van der Waals surface area contributed by atoms with Crippen LogP contribution >= 0.6 is 0 Å². The first kappa shape index (κ1) is 25.1. The fraction of sp³-hybridized carbons (Fsp3) is 0.125. The number of anilines is 4. The molecule has 4 aromatic carbocycles. The van der Waals surface area contributed by atoms with Crippen molar-refractivity contribution in [2.75, 3.05) is 22.1 Å². The Kier molecular flexibility index (Phi) is 6.57. The molecule has 0 fully saturated rings. The summed E-state index contributed by atoms with van der Waals surface area (Å²) in [5.41, 5.74) is 17.7. The average Bonchev–Trinajstić information content (AvgIpc) is 2.93. The van der Waals surface area contributed by atoms with Gasteiger partial charge in [0.1, 0.15) is 0 Å². The van der Waals surface area contributed by atoms with Crippen LogP contribution in [0.25, 0.3) is 43.6 Å². The van der Waals surface area contributed by atoms with E-state index in [9.17, 15) is 9.59 Å². The standard InChI is InChI=1S/C32H28N6O2/c33-23-9-5-19-13-21-7-11-25(17-29(21)37-27(19)15-23)35-31(39)3-1-2-4-32(40)36-26-12-8-22-14-20-6-10-24(34)16-28(20)38-30(22)18-26/h5-18H,1-4,33-34H2,(H,35,39)(H,36,40). The number of carbonyl (C=O) groups is 2. The molecule has 40 heavy (non-hydrogen) atoms. The van der Waals surface area contributed by atoms with E-state index in [-0.39, 0.29) is 11.8 Å². The van der Waals surface area contributed by atoms with E-state index in [1.54, 1.807) is 0 Å². The lowest BCUT2D eigenvalue weighted by Crippen LogP contribution is -2.13. The summed E-state index contributed by atoms with van der Waals surface area (Å²) in [5.74, 6) is -0.198. The van der Waals surface area contributed by atoms with Gasteiger partial charge in [-0.2, -0.15) is 0 Å². The molecule has 0 saturated heterocycles. The van der Waals surface area contributed by atoms with E-state index in [0.717, 1.165) is 43.6 Å². The molecule has 6 aromatic rings. The summed E-state index contributed by atoms with van der Waals surface area (Å²) in [6.07, 6.45) is 1.84. The molecular formula is C32H28N6O2. The summed E-state index contributed by atoms with van der Waals surface area (Å²) >= 11 is 0. The predicted molar refractivity (Wildman–Crippen MR) is 163 cm³/mol. The van der Waals surface area contributed by atoms with Crippen LogP contribution in [0.3, 0.4) is 0 Å². The van der Waals surface area contributed by atoms with Crippen molar-refractivity contribution >= 4 is 78.2 Å². The van der Waals surface area contributed by atoms with Crippen LogP contribution in [0.2, 0.25) is 0 Å². The van der Waals surface area contributed by atoms with Gasteiger partial charge in [0.05, 0.1) is 22.1 Å². The Bertz CT molecular complexity index is 1790. The number of unbranched alkanes of at least 4 members (excludes halogenated alkanes) is 1. The van der Waals surface area contributed by atoms with Gasteiger partial charge >= 0.3 is 0 Å². The van der Waals surface area contributed by atoms with E-state index in [0.29, 0.717) is 48.4 Å². The van der Waals surface area contributed by atoms with Crippen molar-refractivity contribution in [1.29, 1.82) is 0 Å². The maximum Gasteiger partial charge on any atom is 0.224 e. The van der Waals surface area contributed by atoms with Crippen molar-refractivity contribution in [1.82, 2.24) is 9.97 Å². The van der Waals surface area contributed by atoms with Gasteiger partial charge in [-0.05, 0) is 73.5 Å². The van der Waals surface area contributed by atoms with Crippen molar-refractivity contribution in [2.45, 2.75) is 25.7 Å². The molecule has 0 saturated carbocycles. The average molecular weight is 529 g/mol. The van der Waals surface area contributed by atoms with E-state index < -0.39 is 0 Å². The van der Waals surface area contributed by atoms with Gasteiger partial charge in [-0.15, -0.1) is 0 Å². The number of nitrogens with two attached hydrogens (primary N) is 2. The fourth-order valence-electron chi connectivity index (χ4n) is 4.85. The van der Waals surface area contributed by atoms with Gasteiger partial charge in [0, 0.05) is 57.1 Å². The predicted octanol–water partition coefficient (Wildman–Crippen LogP) is 6.39. The first-order valence-corrected chi connectivity index (χ1v) is 13.2. The van der Waals surface area contributed by atoms with E-state index in [4.69, 9.17) is 11.5 Å². The number of hydrogen-bond donors (Lipinski definition) is 4. The number of pyridine rings is 2. The summed E-state index contributed by atoms with van der Waals surface area (Å²) < 4.78 is 0. The molecule has 0 radical (unpaired) electrons. The third kappa shape index (κ3) is 5.47. The number of nitrogen functional groups attached to an aromatic ring is 2. The molecule has 2 heterocycles. The Morgan fingerprint density at radius 2 is 0.900 bits per heavy atom. The number of fused-ring (bicyclic) bond motifs is 4. The Balaban J connectivity index is 1.01. The molecule has 2 amide bonds. The fourth-order valence-corrected chi connectivity index (χ4v) is 4.85. The van der Waals surface area contributed by atoms with Crippen molar-refractivity contribution in [3.8, 4) is 0 Å². The highest BCUT2D eigenvalue weighted by molar-refractivity contribution is 5.99. The van der Waals surface area contributed by atoms with Crippen LogP contribution < -0.4 is 22.1 Å². The van der Waals surface area contributed by atoms with E-state index in [1.165, 1.54) is 0 Å². The lowest BCUT2D eigenvalue weighted by Gasteiger charge is -2.09. The van der Waals surface area contributed by atoms with Crippen LogP contribution in [-0.4, -0.2) is 21.8 Å². The lowest BCUT2D eigenvalue weighted by molar-refractivity contribution is -0.118. The van der Waals surface area contributed by atoms with Gasteiger partial charge in [0.15, 0.2) is 0 Å². The number of carbonyl (C=O) groups excluding carboxylic acids is 2. The minimum absolute atomic E-state index is 0.0988. The minimum Gasteiger partial charge on any atom is -0.399 e. The summed E-state index contributed by atoms with van der Waals surface area (Å²) in [5, 5.41) is 9.87. The number of aromatic nitrogens is 2. The van der Waals surface area contributed by atoms with Crippen LogP contribution in [0.5, 0.6) is 0 Å². The zero-order chi connectivity index (χ0) is 27.6. The van der Waals surface area contributed by atoms with Crippen molar-refractivity contribution in [2.24, 2.45) is 0 Å². The minimum atomic E-state index is -0.0988. The van der Waals surface area contributed by atoms with Gasteiger partial charge in [-0.1, -0.05) is 24.3 Å². The number of benzene rings is 4. The SMILES string of the molecule is Nc1ccc2cc3ccc(NC(=O)CCCCC(=O)Nc4ccc5cc6ccc(N)cc6nc5c4)cc3nc2c1. The van der Waals surface area contributed by atoms with Crippen molar-refractivity contribution < 1.29 is 9.59 Å². The maximum absolute atomic E-state index is 12.5. The Labute approximate surface area is 230 Å². The van der Waals surface area contributed by atoms with Crippen LogP contribution in [0.4, 0.5) is 22.7 Å². The highest BCUT2D eigenvalue weighted by atomic mass is 16.2. The normalized spacial score (nSPS) is 11.3. The molecule has 2 aromatic heterocycles. The van der Waals surface area contributed by atoms with Gasteiger partial charge in [0.25, 0.3) is 0 Å². The molecule has 6 N–H and O–H groups in total. The quantitative estimate of drug-likeness (QED) is 0.108. The van der Waals surface area contributed by atoms with E-state index in [2.05, 4.69) is 32.7 Å². The summed E-state index contributed by atoms with van der Waals surface area (Å²) in [6, 6.07) is 26.7. The molecule has 0 aliphatic rings. The molecule has 0 aliphatic carbocycles. The lowest BCUT2D eigenvalue weighted by atomic mass is 10.1. The molecule has 198 valence electrons. The third-order valence-corrected chi connectivity index (χ3v) is 6.90. The van der Waals surface area contributed by atoms with Gasteiger partial charge in [-0.3, -0.25) is 9.59 Å². The highest BCUT2D eigenvalue weighted by Gasteiger charge is 2.09.